The zero-order valence-electron chi connectivity index (χ0n) is 17.4. The van der Waals surface area contributed by atoms with Gasteiger partial charge in [-0.1, -0.05) is 18.2 Å². The van der Waals surface area contributed by atoms with Gasteiger partial charge in [-0.15, -0.1) is 0 Å². The van der Waals surface area contributed by atoms with Crippen molar-refractivity contribution in [3.8, 4) is 0 Å². The fourth-order valence-electron chi connectivity index (χ4n) is 6.62. The summed E-state index contributed by atoms with van der Waals surface area (Å²) in [6, 6.07) is 13.1. The van der Waals surface area contributed by atoms with Gasteiger partial charge in [0.05, 0.1) is 11.4 Å². The molecule has 4 saturated carbocycles. The minimum absolute atomic E-state index is 0.0355. The van der Waals surface area contributed by atoms with Gasteiger partial charge >= 0.3 is 0 Å². The van der Waals surface area contributed by atoms with Crippen LogP contribution in [0.1, 0.15) is 48.9 Å². The first-order valence-electron chi connectivity index (χ1n) is 11.2. The molecule has 2 heterocycles. The number of pyridine rings is 1. The predicted octanol–water partition coefficient (Wildman–Crippen LogP) is 4.33. The Bertz CT molecular complexity index is 1200. The third-order valence-electron chi connectivity index (χ3n) is 7.47. The second kappa shape index (κ2) is 6.94. The number of hydrogen-bond donors (Lipinski definition) is 2. The van der Waals surface area contributed by atoms with E-state index in [1.54, 1.807) is 18.3 Å². The molecule has 4 bridgehead atoms. The smallest absolute Gasteiger partial charge is 0.270 e. The third-order valence-corrected chi connectivity index (χ3v) is 7.47. The van der Waals surface area contributed by atoms with Crippen molar-refractivity contribution in [1.29, 1.82) is 0 Å². The molecule has 4 fully saturated rings. The molecule has 0 unspecified atom stereocenters. The molecule has 7 rings (SSSR count). The van der Waals surface area contributed by atoms with Crippen molar-refractivity contribution in [2.75, 3.05) is 10.6 Å². The second-order valence-corrected chi connectivity index (χ2v) is 9.73. The number of rotatable bonds is 4. The summed E-state index contributed by atoms with van der Waals surface area (Å²) in [5.41, 5.74) is 1.97. The van der Waals surface area contributed by atoms with Crippen LogP contribution in [0.15, 0.2) is 59.7 Å². The van der Waals surface area contributed by atoms with Crippen LogP contribution in [0.3, 0.4) is 0 Å². The molecule has 158 valence electrons. The largest absolute Gasteiger partial charge is 0.378 e. The lowest BCUT2D eigenvalue weighted by Gasteiger charge is -2.57. The highest BCUT2D eigenvalue weighted by molar-refractivity contribution is 6.05. The van der Waals surface area contributed by atoms with Crippen molar-refractivity contribution in [1.82, 2.24) is 9.38 Å². The van der Waals surface area contributed by atoms with E-state index < -0.39 is 5.91 Å². The number of carbonyl (C=O) groups is 1. The van der Waals surface area contributed by atoms with E-state index in [-0.39, 0.29) is 16.7 Å². The summed E-state index contributed by atoms with van der Waals surface area (Å²) in [6.07, 6.45) is 10.8. The molecule has 0 atom stereocenters. The molecule has 31 heavy (non-hydrogen) atoms. The van der Waals surface area contributed by atoms with Crippen LogP contribution < -0.4 is 16.2 Å². The summed E-state index contributed by atoms with van der Waals surface area (Å²) >= 11 is 0. The van der Waals surface area contributed by atoms with Crippen LogP contribution in [0.5, 0.6) is 0 Å². The number of hydrogen-bond acceptors (Lipinski definition) is 4. The maximum Gasteiger partial charge on any atom is 0.270 e. The Balaban J connectivity index is 1.28. The molecule has 2 N–H and O–H groups in total. The minimum atomic E-state index is -0.435. The Kier molecular flexibility index (Phi) is 4.16. The molecule has 0 saturated heterocycles. The monoisotopic (exact) mass is 414 g/mol. The number of anilines is 2. The average molecular weight is 415 g/mol. The number of para-hydroxylation sites is 2. The molecule has 1 amide bonds. The Morgan fingerprint density at radius 2 is 1.58 bits per heavy atom. The van der Waals surface area contributed by atoms with E-state index in [0.29, 0.717) is 11.3 Å². The van der Waals surface area contributed by atoms with Gasteiger partial charge in [0.1, 0.15) is 11.2 Å². The van der Waals surface area contributed by atoms with Crippen LogP contribution in [0.25, 0.3) is 5.65 Å². The lowest BCUT2D eigenvalue weighted by atomic mass is 9.53. The van der Waals surface area contributed by atoms with Gasteiger partial charge in [0.25, 0.3) is 11.5 Å². The summed E-state index contributed by atoms with van der Waals surface area (Å²) in [5, 5.41) is 6.80. The van der Waals surface area contributed by atoms with Crippen molar-refractivity contribution in [3.05, 3.63) is 70.8 Å². The van der Waals surface area contributed by atoms with E-state index in [1.165, 1.54) is 49.1 Å². The van der Waals surface area contributed by atoms with E-state index in [1.807, 2.05) is 30.3 Å². The fourth-order valence-corrected chi connectivity index (χ4v) is 6.62. The number of benzene rings is 1. The summed E-state index contributed by atoms with van der Waals surface area (Å²) in [5.74, 6) is 2.08. The van der Waals surface area contributed by atoms with Gasteiger partial charge in [-0.25, -0.2) is 4.98 Å². The Hall–Kier alpha value is -3.15. The second-order valence-electron chi connectivity index (χ2n) is 9.73. The predicted molar refractivity (Wildman–Crippen MR) is 120 cm³/mol. The van der Waals surface area contributed by atoms with Crippen molar-refractivity contribution >= 4 is 22.9 Å². The van der Waals surface area contributed by atoms with Crippen LogP contribution in [0, 0.1) is 17.8 Å². The van der Waals surface area contributed by atoms with Crippen molar-refractivity contribution < 1.29 is 4.79 Å². The molecule has 4 aliphatic rings. The fraction of sp³-hybridized carbons (Fsp3) is 0.400. The van der Waals surface area contributed by atoms with E-state index in [2.05, 4.69) is 15.6 Å². The minimum Gasteiger partial charge on any atom is -0.378 e. The van der Waals surface area contributed by atoms with Crippen LogP contribution in [0.2, 0.25) is 0 Å². The first kappa shape index (κ1) is 18.6. The Labute approximate surface area is 180 Å². The zero-order chi connectivity index (χ0) is 21.0. The van der Waals surface area contributed by atoms with E-state index in [9.17, 15) is 9.59 Å². The Morgan fingerprint density at radius 3 is 2.29 bits per heavy atom. The van der Waals surface area contributed by atoms with Gasteiger partial charge in [0.2, 0.25) is 0 Å². The van der Waals surface area contributed by atoms with Gasteiger partial charge in [0, 0.05) is 17.9 Å². The molecule has 1 aromatic carbocycles. The van der Waals surface area contributed by atoms with Crippen LogP contribution >= 0.6 is 0 Å². The number of carbonyl (C=O) groups excluding carboxylic acids is 1. The van der Waals surface area contributed by atoms with Gasteiger partial charge in [-0.3, -0.25) is 14.0 Å². The maximum absolute atomic E-state index is 13.0. The van der Waals surface area contributed by atoms with Crippen LogP contribution in [-0.4, -0.2) is 20.8 Å². The molecule has 0 aliphatic heterocycles. The summed E-state index contributed by atoms with van der Waals surface area (Å²) in [6.45, 7) is 0. The number of fused-ring (bicyclic) bond motifs is 1. The number of nitrogens with zero attached hydrogens (tertiary/aromatic N) is 2. The summed E-state index contributed by atoms with van der Waals surface area (Å²) in [7, 11) is 0. The van der Waals surface area contributed by atoms with E-state index in [0.717, 1.165) is 23.4 Å². The third kappa shape index (κ3) is 3.21. The summed E-state index contributed by atoms with van der Waals surface area (Å²) < 4.78 is 1.40. The molecule has 0 radical (unpaired) electrons. The molecular weight excluding hydrogens is 388 g/mol. The lowest BCUT2D eigenvalue weighted by molar-refractivity contribution is 0.0107. The molecule has 4 aliphatic carbocycles. The lowest BCUT2D eigenvalue weighted by Crippen LogP contribution is -2.54. The highest BCUT2D eigenvalue weighted by Crippen LogP contribution is 2.56. The highest BCUT2D eigenvalue weighted by atomic mass is 16.2. The van der Waals surface area contributed by atoms with E-state index >= 15 is 0 Å². The number of amides is 1. The van der Waals surface area contributed by atoms with Gasteiger partial charge in [-0.05, 0) is 80.5 Å². The zero-order valence-corrected chi connectivity index (χ0v) is 17.4. The maximum atomic E-state index is 13.0. The number of nitrogens with one attached hydrogen (secondary N) is 2. The SMILES string of the molecule is O=C(Nc1ccccc1NC12CC3CC(CC(C3)C1)C2)c1cnc2ccccn2c1=O. The molecule has 0 spiro atoms. The average Bonchev–Trinajstić information content (AvgIpc) is 2.74. The van der Waals surface area contributed by atoms with Crippen molar-refractivity contribution in [2.45, 2.75) is 44.1 Å². The number of aromatic nitrogens is 2. The molecule has 6 nitrogen and oxygen atoms in total. The van der Waals surface area contributed by atoms with Crippen LogP contribution in [0.4, 0.5) is 11.4 Å². The van der Waals surface area contributed by atoms with Crippen LogP contribution in [-0.2, 0) is 0 Å². The summed E-state index contributed by atoms with van der Waals surface area (Å²) in [4.78, 5) is 30.1. The van der Waals surface area contributed by atoms with Gasteiger partial charge in [0.15, 0.2) is 0 Å². The molecule has 3 aromatic rings. The van der Waals surface area contributed by atoms with Crippen molar-refractivity contribution in [2.24, 2.45) is 17.8 Å². The Morgan fingerprint density at radius 1 is 0.935 bits per heavy atom. The highest BCUT2D eigenvalue weighted by Gasteiger charge is 2.51. The molecular formula is C25H26N4O2. The first-order chi connectivity index (χ1) is 15.1. The normalized spacial score (nSPS) is 28.6. The van der Waals surface area contributed by atoms with Gasteiger partial charge < -0.3 is 10.6 Å². The standard InChI is InChI=1S/C25H26N4O2/c30-23(19-15-26-22-7-3-4-8-29(22)24(19)31)27-20-5-1-2-6-21(20)28-25-12-16-9-17(13-25)11-18(10-16)14-25/h1-8,15-18,28H,9-14H2,(H,27,30). The van der Waals surface area contributed by atoms with Crippen molar-refractivity contribution in [3.63, 3.8) is 0 Å². The molecule has 2 aromatic heterocycles. The quantitative estimate of drug-likeness (QED) is 0.666. The van der Waals surface area contributed by atoms with E-state index in [4.69, 9.17) is 0 Å². The van der Waals surface area contributed by atoms with Gasteiger partial charge in [-0.2, -0.15) is 0 Å². The molecule has 6 heteroatoms. The topological polar surface area (TPSA) is 75.5 Å². The first-order valence-corrected chi connectivity index (χ1v) is 11.2.